The van der Waals surface area contributed by atoms with E-state index in [1.807, 2.05) is 0 Å². The van der Waals surface area contributed by atoms with Gasteiger partial charge in [0.1, 0.15) is 0 Å². The van der Waals surface area contributed by atoms with E-state index in [9.17, 15) is 4.39 Å². The fraction of sp³-hybridized carbons (Fsp3) is 0.111. The van der Waals surface area contributed by atoms with Gasteiger partial charge in [-0.2, -0.15) is 5.10 Å². The predicted molar refractivity (Wildman–Crippen MR) is 65.5 cm³/mol. The van der Waals surface area contributed by atoms with Crippen molar-refractivity contribution >= 4 is 35.1 Å². The number of ether oxygens (including phenoxy) is 1. The van der Waals surface area contributed by atoms with Crippen LogP contribution in [-0.4, -0.2) is 18.4 Å². The molecule has 0 amide bonds. The van der Waals surface area contributed by atoms with Gasteiger partial charge in [-0.15, -0.1) is 0 Å². The lowest BCUT2D eigenvalue weighted by Gasteiger charge is -2.05. The van der Waals surface area contributed by atoms with Crippen molar-refractivity contribution in [2.45, 2.75) is 0 Å². The van der Waals surface area contributed by atoms with Crippen LogP contribution in [0.3, 0.4) is 0 Å². The van der Waals surface area contributed by atoms with Crippen LogP contribution < -0.4 is 15.9 Å². The summed E-state index contributed by atoms with van der Waals surface area (Å²) in [5, 5.41) is 3.86. The smallest absolute Gasteiger partial charge is 0.184 e. The Labute approximate surface area is 102 Å². The molecule has 0 atom stereocenters. The molecular weight excluding hydrogens is 253 g/mol. The average molecular weight is 262 g/mol. The van der Waals surface area contributed by atoms with Gasteiger partial charge in [0, 0.05) is 0 Å². The summed E-state index contributed by atoms with van der Waals surface area (Å²) >= 11 is 10.3. The molecule has 3 N–H and O–H groups in total. The van der Waals surface area contributed by atoms with Crippen molar-refractivity contribution in [1.29, 1.82) is 0 Å². The van der Waals surface area contributed by atoms with E-state index in [-0.39, 0.29) is 15.9 Å². The number of nitrogens with zero attached hydrogens (tertiary/aromatic N) is 1. The quantitative estimate of drug-likeness (QED) is 0.494. The second-order valence-electron chi connectivity index (χ2n) is 2.75. The normalized spacial score (nSPS) is 10.4. The summed E-state index contributed by atoms with van der Waals surface area (Å²) in [6, 6.07) is 2.74. The number of hydrogen-bond acceptors (Lipinski definition) is 3. The molecule has 0 spiro atoms. The van der Waals surface area contributed by atoms with Gasteiger partial charge in [-0.25, -0.2) is 4.39 Å². The molecule has 0 radical (unpaired) electrons. The summed E-state index contributed by atoms with van der Waals surface area (Å²) in [4.78, 5) is 0. The van der Waals surface area contributed by atoms with Gasteiger partial charge in [-0.1, -0.05) is 11.6 Å². The minimum absolute atomic E-state index is 0.00104. The molecular formula is C9H9ClFN3OS. The molecule has 0 unspecified atom stereocenters. The first-order chi connectivity index (χ1) is 7.54. The van der Waals surface area contributed by atoms with Crippen LogP contribution in [0.2, 0.25) is 5.02 Å². The summed E-state index contributed by atoms with van der Waals surface area (Å²) in [6.07, 6.45) is 1.34. The average Bonchev–Trinajstić information content (AvgIpc) is 2.16. The topological polar surface area (TPSA) is 59.6 Å². The second-order valence-corrected chi connectivity index (χ2v) is 3.60. The molecule has 16 heavy (non-hydrogen) atoms. The van der Waals surface area contributed by atoms with Crippen molar-refractivity contribution in [3.8, 4) is 5.75 Å². The lowest BCUT2D eigenvalue weighted by Crippen LogP contribution is -2.23. The Balaban J connectivity index is 2.91. The summed E-state index contributed by atoms with van der Waals surface area (Å²) in [6.45, 7) is 0. The number of benzene rings is 1. The van der Waals surface area contributed by atoms with Crippen molar-refractivity contribution in [2.24, 2.45) is 10.8 Å². The Bertz CT molecular complexity index is 416. The van der Waals surface area contributed by atoms with Gasteiger partial charge < -0.3 is 10.5 Å². The number of nitrogens with two attached hydrogens (primary N) is 1. The van der Waals surface area contributed by atoms with E-state index in [1.54, 1.807) is 0 Å². The first kappa shape index (κ1) is 12.7. The van der Waals surface area contributed by atoms with Gasteiger partial charge in [0.2, 0.25) is 0 Å². The van der Waals surface area contributed by atoms with Gasteiger partial charge in [0.15, 0.2) is 16.7 Å². The van der Waals surface area contributed by atoms with Gasteiger partial charge in [0.05, 0.1) is 18.3 Å². The molecule has 0 aliphatic rings. The molecule has 0 heterocycles. The molecule has 0 aliphatic carbocycles. The molecule has 4 nitrogen and oxygen atoms in total. The standard InChI is InChI=1S/C9H9ClFN3OS/c1-15-8-6(10)2-5(3-7(8)11)4-13-14-9(12)16/h2-4H,1H3,(H3,12,14,16). The monoisotopic (exact) mass is 261 g/mol. The SMILES string of the molecule is COc1c(F)cc(C=NNC(N)=S)cc1Cl. The zero-order chi connectivity index (χ0) is 12.1. The molecule has 1 aromatic rings. The predicted octanol–water partition coefficient (Wildman–Crippen LogP) is 1.65. The molecule has 1 rings (SSSR count). The van der Waals surface area contributed by atoms with Crippen molar-refractivity contribution in [3.05, 3.63) is 28.5 Å². The van der Waals surface area contributed by atoms with Crippen molar-refractivity contribution in [2.75, 3.05) is 7.11 Å². The van der Waals surface area contributed by atoms with Crippen molar-refractivity contribution < 1.29 is 9.13 Å². The third-order valence-electron chi connectivity index (χ3n) is 1.61. The van der Waals surface area contributed by atoms with Crippen LogP contribution >= 0.6 is 23.8 Å². The highest BCUT2D eigenvalue weighted by molar-refractivity contribution is 7.80. The minimum Gasteiger partial charge on any atom is -0.492 e. The number of methoxy groups -OCH3 is 1. The minimum atomic E-state index is -0.563. The van der Waals surface area contributed by atoms with Crippen LogP contribution in [-0.2, 0) is 0 Å². The van der Waals surface area contributed by atoms with Crippen molar-refractivity contribution in [3.63, 3.8) is 0 Å². The summed E-state index contributed by atoms with van der Waals surface area (Å²) in [5.41, 5.74) is 7.96. The highest BCUT2D eigenvalue weighted by Gasteiger charge is 2.08. The van der Waals surface area contributed by atoms with Gasteiger partial charge in [-0.05, 0) is 29.9 Å². The third-order valence-corrected chi connectivity index (χ3v) is 1.99. The molecule has 0 saturated heterocycles. The second kappa shape index (κ2) is 5.62. The van der Waals surface area contributed by atoms with E-state index >= 15 is 0 Å². The molecule has 1 aromatic carbocycles. The number of rotatable bonds is 3. The van der Waals surface area contributed by atoms with E-state index < -0.39 is 5.82 Å². The summed E-state index contributed by atoms with van der Waals surface area (Å²) < 4.78 is 18.1. The molecule has 0 bridgehead atoms. The third kappa shape index (κ3) is 3.32. The van der Waals surface area contributed by atoms with Crippen LogP contribution in [0.1, 0.15) is 5.56 Å². The Morgan fingerprint density at radius 3 is 2.88 bits per heavy atom. The Morgan fingerprint density at radius 2 is 2.38 bits per heavy atom. The Kier molecular flexibility index (Phi) is 4.45. The maximum atomic E-state index is 13.4. The first-order valence-corrected chi connectivity index (χ1v) is 4.94. The molecule has 0 fully saturated rings. The molecule has 0 aliphatic heterocycles. The van der Waals surface area contributed by atoms with Crippen LogP contribution in [0.25, 0.3) is 0 Å². The largest absolute Gasteiger partial charge is 0.492 e. The van der Waals surface area contributed by atoms with Crippen LogP contribution in [0.15, 0.2) is 17.2 Å². The number of nitrogens with one attached hydrogen (secondary N) is 1. The zero-order valence-electron chi connectivity index (χ0n) is 8.33. The van der Waals surface area contributed by atoms with Gasteiger partial charge >= 0.3 is 0 Å². The van der Waals surface area contributed by atoms with Crippen LogP contribution in [0.4, 0.5) is 4.39 Å². The van der Waals surface area contributed by atoms with E-state index in [0.29, 0.717) is 5.56 Å². The Morgan fingerprint density at radius 1 is 1.69 bits per heavy atom. The Hall–Kier alpha value is -1.40. The number of hydrogen-bond donors (Lipinski definition) is 2. The maximum absolute atomic E-state index is 13.4. The molecule has 86 valence electrons. The first-order valence-electron chi connectivity index (χ1n) is 4.16. The maximum Gasteiger partial charge on any atom is 0.184 e. The fourth-order valence-corrected chi connectivity index (χ4v) is 1.37. The van der Waals surface area contributed by atoms with Gasteiger partial charge in [-0.3, -0.25) is 5.43 Å². The van der Waals surface area contributed by atoms with E-state index in [2.05, 4.69) is 22.7 Å². The molecule has 0 saturated carbocycles. The number of halogens is 2. The van der Waals surface area contributed by atoms with E-state index in [0.717, 1.165) is 0 Å². The summed E-state index contributed by atoms with van der Waals surface area (Å²) in [7, 11) is 1.34. The van der Waals surface area contributed by atoms with Crippen LogP contribution in [0.5, 0.6) is 5.75 Å². The molecule has 7 heteroatoms. The van der Waals surface area contributed by atoms with E-state index in [4.69, 9.17) is 22.1 Å². The highest BCUT2D eigenvalue weighted by atomic mass is 35.5. The van der Waals surface area contributed by atoms with Gasteiger partial charge in [0.25, 0.3) is 0 Å². The zero-order valence-corrected chi connectivity index (χ0v) is 9.90. The summed E-state index contributed by atoms with van der Waals surface area (Å²) in [5.74, 6) is -0.562. The number of hydrazone groups is 1. The van der Waals surface area contributed by atoms with Crippen LogP contribution in [0, 0.1) is 5.82 Å². The fourth-order valence-electron chi connectivity index (χ4n) is 1.02. The highest BCUT2D eigenvalue weighted by Crippen LogP contribution is 2.28. The van der Waals surface area contributed by atoms with Crippen molar-refractivity contribution in [1.82, 2.24) is 5.43 Å². The molecule has 0 aromatic heterocycles. The lowest BCUT2D eigenvalue weighted by molar-refractivity contribution is 0.387. The lowest BCUT2D eigenvalue weighted by atomic mass is 10.2. The van der Waals surface area contributed by atoms with E-state index in [1.165, 1.54) is 25.5 Å². The number of thiocarbonyl (C=S) groups is 1.